The maximum atomic E-state index is 12.8. The van der Waals surface area contributed by atoms with Crippen LogP contribution in [0.1, 0.15) is 109 Å². The molecule has 6 nitrogen and oxygen atoms in total. The number of benzene rings is 1. The fraction of sp³-hybridized carbons (Fsp3) is 0.606. The maximum Gasteiger partial charge on any atom is 0.267 e. The fourth-order valence-electron chi connectivity index (χ4n) is 4.72. The van der Waals surface area contributed by atoms with Gasteiger partial charge in [0.15, 0.2) is 12.8 Å². The Balaban J connectivity index is 1.66. The number of carbonyl (C=O) groups excluding carboxylic acids is 2. The smallest absolute Gasteiger partial charge is 0.267 e. The molecule has 1 heterocycles. The zero-order valence-corrected chi connectivity index (χ0v) is 24.9. The lowest BCUT2D eigenvalue weighted by Crippen LogP contribution is -2.44. The molecule has 39 heavy (non-hydrogen) atoms. The van der Waals surface area contributed by atoms with Crippen molar-refractivity contribution in [3.63, 3.8) is 0 Å². The lowest BCUT2D eigenvalue weighted by molar-refractivity contribution is -0.701. The summed E-state index contributed by atoms with van der Waals surface area (Å²) in [6, 6.07) is 11.4. The lowest BCUT2D eigenvalue weighted by atomic mass is 10.1. The molecule has 0 aliphatic carbocycles. The van der Waals surface area contributed by atoms with E-state index in [0.29, 0.717) is 12.4 Å². The van der Waals surface area contributed by atoms with Gasteiger partial charge in [0.25, 0.3) is 5.91 Å². The minimum absolute atomic E-state index is 0.196. The van der Waals surface area contributed by atoms with Crippen LogP contribution in [0.5, 0.6) is 11.5 Å². The van der Waals surface area contributed by atoms with Crippen molar-refractivity contribution in [2.45, 2.75) is 118 Å². The second kappa shape index (κ2) is 19.2. The average Bonchev–Trinajstić information content (AvgIpc) is 2.93. The van der Waals surface area contributed by atoms with Crippen LogP contribution in [0.2, 0.25) is 0 Å². The van der Waals surface area contributed by atoms with Crippen LogP contribution in [0.25, 0.3) is 0 Å². The number of carbonyl (C=O) groups is 2. The number of hydrogen-bond donors (Lipinski definition) is 0. The second-order valence-electron chi connectivity index (χ2n) is 10.4. The van der Waals surface area contributed by atoms with E-state index in [1.165, 1.54) is 82.5 Å². The van der Waals surface area contributed by atoms with Crippen molar-refractivity contribution in [1.82, 2.24) is 4.90 Å². The number of nitrogens with zero attached hydrogens (tertiary/aromatic N) is 2. The molecule has 216 valence electrons. The van der Waals surface area contributed by atoms with Crippen molar-refractivity contribution >= 4 is 11.8 Å². The van der Waals surface area contributed by atoms with E-state index in [0.717, 1.165) is 30.0 Å². The van der Waals surface area contributed by atoms with E-state index in [4.69, 9.17) is 9.47 Å². The number of unbranched alkanes of at least 4 members (excludes halogenated alkanes) is 11. The number of aryl methyl sites for hydroxylation is 2. The largest absolute Gasteiger partial charge is 0.494 e. The van der Waals surface area contributed by atoms with Crippen LogP contribution in [0, 0.1) is 6.92 Å². The molecule has 1 aromatic carbocycles. The van der Waals surface area contributed by atoms with E-state index in [1.54, 1.807) is 0 Å². The normalized spacial score (nSPS) is 10.9. The summed E-state index contributed by atoms with van der Waals surface area (Å²) in [4.78, 5) is 26.3. The predicted molar refractivity (Wildman–Crippen MR) is 157 cm³/mol. The summed E-state index contributed by atoms with van der Waals surface area (Å²) in [5, 5.41) is 0. The molecule has 6 heteroatoms. The average molecular weight is 540 g/mol. The van der Waals surface area contributed by atoms with Crippen LogP contribution in [0.15, 0.2) is 42.6 Å². The van der Waals surface area contributed by atoms with E-state index in [-0.39, 0.29) is 25.0 Å². The highest BCUT2D eigenvalue weighted by Crippen LogP contribution is 2.24. The van der Waals surface area contributed by atoms with Gasteiger partial charge in [-0.25, -0.2) is 4.57 Å². The first-order chi connectivity index (χ1) is 19.0. The number of imide groups is 1. The maximum absolute atomic E-state index is 12.8. The monoisotopic (exact) mass is 539 g/mol. The van der Waals surface area contributed by atoms with E-state index in [1.807, 2.05) is 61.0 Å². The molecule has 2 aromatic rings. The van der Waals surface area contributed by atoms with Gasteiger partial charge in [0, 0.05) is 19.1 Å². The van der Waals surface area contributed by atoms with Gasteiger partial charge in [0.05, 0.1) is 6.61 Å². The fourth-order valence-corrected chi connectivity index (χ4v) is 4.72. The van der Waals surface area contributed by atoms with Gasteiger partial charge in [-0.3, -0.25) is 14.5 Å². The second-order valence-corrected chi connectivity index (χ2v) is 10.4. The van der Waals surface area contributed by atoms with Crippen molar-refractivity contribution in [2.24, 2.45) is 0 Å². The van der Waals surface area contributed by atoms with Gasteiger partial charge in [-0.2, -0.15) is 0 Å². The van der Waals surface area contributed by atoms with Crippen LogP contribution in [0.3, 0.4) is 0 Å². The standard InChI is InChI=1S/C33H51N2O4/c1-5-7-8-9-10-11-12-13-14-15-16-19-24-38-31-21-22-32(28(3)25-31)39-27-33(37)35(29(4)36)26-30-20-17-18-23-34(30)6-2/h17-18,20-23,25H,5-16,19,24,26-27H2,1-4H3/q+1. The molecule has 0 N–H and O–H groups in total. The predicted octanol–water partition coefficient (Wildman–Crippen LogP) is 7.34. The van der Waals surface area contributed by atoms with E-state index in [2.05, 4.69) is 6.92 Å². The SMILES string of the molecule is CCCCCCCCCCCCCCOc1ccc(OCC(=O)N(Cc2cccc[n+]2CC)C(C)=O)c(C)c1. The third-order valence-corrected chi connectivity index (χ3v) is 7.14. The molecule has 0 spiro atoms. The summed E-state index contributed by atoms with van der Waals surface area (Å²) in [6.45, 7) is 9.14. The van der Waals surface area contributed by atoms with Crippen molar-refractivity contribution in [3.8, 4) is 11.5 Å². The Kier molecular flexibility index (Phi) is 15.9. The highest BCUT2D eigenvalue weighted by molar-refractivity contribution is 5.94. The zero-order chi connectivity index (χ0) is 28.3. The minimum Gasteiger partial charge on any atom is -0.494 e. The van der Waals surface area contributed by atoms with Gasteiger partial charge in [0.1, 0.15) is 24.6 Å². The topological polar surface area (TPSA) is 59.7 Å². The molecular formula is C33H51N2O4+. The summed E-state index contributed by atoms with van der Waals surface area (Å²) < 4.78 is 13.8. The van der Waals surface area contributed by atoms with Crippen LogP contribution in [-0.4, -0.2) is 29.9 Å². The number of rotatable bonds is 20. The Labute approximate surface area is 236 Å². The minimum atomic E-state index is -0.360. The molecule has 0 fully saturated rings. The van der Waals surface area contributed by atoms with Gasteiger partial charge in [0.2, 0.25) is 11.6 Å². The molecule has 2 rings (SSSR count). The van der Waals surface area contributed by atoms with Crippen LogP contribution in [-0.2, 0) is 22.7 Å². The molecule has 0 saturated heterocycles. The summed E-state index contributed by atoms with van der Waals surface area (Å²) in [6.07, 6.45) is 17.8. The molecule has 1 aromatic heterocycles. The van der Waals surface area contributed by atoms with Crippen molar-refractivity contribution in [1.29, 1.82) is 0 Å². The summed E-state index contributed by atoms with van der Waals surface area (Å²) in [5.74, 6) is 0.773. The molecular weight excluding hydrogens is 488 g/mol. The van der Waals surface area contributed by atoms with Gasteiger partial charge >= 0.3 is 0 Å². The Hall–Kier alpha value is -2.89. The molecule has 0 aliphatic heterocycles. The first kappa shape index (κ1) is 32.3. The Bertz CT molecular complexity index is 991. The van der Waals surface area contributed by atoms with Crippen LogP contribution >= 0.6 is 0 Å². The number of hydrogen-bond acceptors (Lipinski definition) is 4. The molecule has 0 unspecified atom stereocenters. The molecule has 0 radical (unpaired) electrons. The molecule has 0 saturated carbocycles. The van der Waals surface area contributed by atoms with Crippen molar-refractivity contribution < 1.29 is 23.6 Å². The van der Waals surface area contributed by atoms with Gasteiger partial charge in [-0.1, -0.05) is 83.6 Å². The van der Waals surface area contributed by atoms with Crippen LogP contribution in [0.4, 0.5) is 0 Å². The van der Waals surface area contributed by atoms with Crippen molar-refractivity contribution in [3.05, 3.63) is 53.9 Å². The third-order valence-electron chi connectivity index (χ3n) is 7.14. The Morgan fingerprint density at radius 3 is 2.05 bits per heavy atom. The number of ether oxygens (including phenoxy) is 2. The summed E-state index contributed by atoms with van der Waals surface area (Å²) in [5.41, 5.74) is 1.80. The number of amides is 2. The van der Waals surface area contributed by atoms with Crippen molar-refractivity contribution in [2.75, 3.05) is 13.2 Å². The molecule has 2 amide bonds. The quantitative estimate of drug-likeness (QED) is 0.130. The highest BCUT2D eigenvalue weighted by atomic mass is 16.5. The van der Waals surface area contributed by atoms with Gasteiger partial charge in [-0.05, 0) is 44.0 Å². The zero-order valence-electron chi connectivity index (χ0n) is 24.9. The Morgan fingerprint density at radius 2 is 1.46 bits per heavy atom. The van der Waals surface area contributed by atoms with Crippen LogP contribution < -0.4 is 14.0 Å². The molecule has 0 bridgehead atoms. The summed E-state index contributed by atoms with van der Waals surface area (Å²) >= 11 is 0. The van der Waals surface area contributed by atoms with E-state index < -0.39 is 0 Å². The first-order valence-corrected chi connectivity index (χ1v) is 15.1. The summed E-state index contributed by atoms with van der Waals surface area (Å²) in [7, 11) is 0. The molecule has 0 aliphatic rings. The van der Waals surface area contributed by atoms with Gasteiger partial charge in [-0.15, -0.1) is 0 Å². The first-order valence-electron chi connectivity index (χ1n) is 15.1. The Morgan fingerprint density at radius 1 is 0.821 bits per heavy atom. The van der Waals surface area contributed by atoms with E-state index >= 15 is 0 Å². The highest BCUT2D eigenvalue weighted by Gasteiger charge is 2.23. The molecule has 0 atom stereocenters. The van der Waals surface area contributed by atoms with Gasteiger partial charge < -0.3 is 9.47 Å². The van der Waals surface area contributed by atoms with E-state index in [9.17, 15) is 9.59 Å². The lowest BCUT2D eigenvalue weighted by Gasteiger charge is -2.19. The number of aromatic nitrogens is 1. The number of pyridine rings is 1. The third kappa shape index (κ3) is 12.7.